The normalized spacial score (nSPS) is 11.2. The van der Waals surface area contributed by atoms with E-state index < -0.39 is 0 Å². The van der Waals surface area contributed by atoms with Crippen molar-refractivity contribution in [2.45, 2.75) is 16.7 Å². The molecule has 5 aromatic rings. The molecule has 0 aliphatic heterocycles. The maximum absolute atomic E-state index is 13.4. The van der Waals surface area contributed by atoms with Gasteiger partial charge in [0.1, 0.15) is 10.8 Å². The van der Waals surface area contributed by atoms with E-state index in [0.717, 1.165) is 11.1 Å². The number of hydrogen-bond acceptors (Lipinski definition) is 7. The second-order valence-corrected chi connectivity index (χ2v) is 7.17. The van der Waals surface area contributed by atoms with Crippen LogP contribution < -0.4 is 0 Å². The van der Waals surface area contributed by atoms with Crippen molar-refractivity contribution in [1.29, 1.82) is 0 Å². The summed E-state index contributed by atoms with van der Waals surface area (Å²) in [6.07, 6.45) is 0. The monoisotopic (exact) mass is 404 g/mol. The highest BCUT2D eigenvalue weighted by atomic mass is 32.2. The van der Waals surface area contributed by atoms with Crippen molar-refractivity contribution in [1.82, 2.24) is 40.0 Å². The Hall–Kier alpha value is -3.66. The molecule has 142 valence electrons. The minimum absolute atomic E-state index is 0.295. The number of fused-ring (bicyclic) bond motifs is 1. The zero-order valence-electron chi connectivity index (χ0n) is 14.9. The number of benzene rings is 2. The van der Waals surface area contributed by atoms with Crippen LogP contribution in [0.5, 0.6) is 0 Å². The molecule has 3 heterocycles. The van der Waals surface area contributed by atoms with Crippen molar-refractivity contribution in [2.75, 3.05) is 0 Å². The summed E-state index contributed by atoms with van der Waals surface area (Å²) in [6, 6.07) is 19.8. The van der Waals surface area contributed by atoms with Gasteiger partial charge in [-0.05, 0) is 64.2 Å². The van der Waals surface area contributed by atoms with Gasteiger partial charge >= 0.3 is 0 Å². The van der Waals surface area contributed by atoms with Gasteiger partial charge in [0.2, 0.25) is 0 Å². The summed E-state index contributed by atoms with van der Waals surface area (Å²) in [7, 11) is 0. The van der Waals surface area contributed by atoms with Crippen molar-refractivity contribution in [3.05, 3.63) is 78.1 Å². The topological polar surface area (TPSA) is 86.7 Å². The molecule has 0 amide bonds. The Morgan fingerprint density at radius 1 is 0.862 bits per heavy atom. The van der Waals surface area contributed by atoms with Gasteiger partial charge in [0, 0.05) is 5.56 Å². The molecule has 0 aliphatic carbocycles. The molecule has 2 aromatic carbocycles. The van der Waals surface area contributed by atoms with E-state index >= 15 is 0 Å². The number of tetrazole rings is 1. The first-order valence-corrected chi connectivity index (χ1v) is 9.54. The van der Waals surface area contributed by atoms with Crippen LogP contribution in [0.15, 0.2) is 76.9 Å². The fraction of sp³-hybridized carbons (Fsp3) is 0.0526. The maximum atomic E-state index is 13.4. The number of nitrogens with zero attached hydrogens (tertiary/aromatic N) is 8. The Labute approximate surface area is 168 Å². The molecule has 5 rings (SSSR count). The lowest BCUT2D eigenvalue weighted by molar-refractivity contribution is 0.628. The Balaban J connectivity index is 1.55. The van der Waals surface area contributed by atoms with E-state index in [4.69, 9.17) is 0 Å². The highest BCUT2D eigenvalue weighted by Gasteiger charge is 2.17. The van der Waals surface area contributed by atoms with E-state index in [9.17, 15) is 4.39 Å². The molecule has 0 spiro atoms. The molecule has 0 atom stereocenters. The first-order chi connectivity index (χ1) is 14.3. The van der Waals surface area contributed by atoms with Crippen molar-refractivity contribution >= 4 is 17.4 Å². The van der Waals surface area contributed by atoms with E-state index in [1.54, 1.807) is 18.2 Å². The molecule has 0 unspecified atom stereocenters. The Bertz CT molecular complexity index is 1270. The van der Waals surface area contributed by atoms with E-state index in [1.165, 1.54) is 28.5 Å². The Morgan fingerprint density at radius 3 is 2.52 bits per heavy atom. The third-order valence-electron chi connectivity index (χ3n) is 4.24. The van der Waals surface area contributed by atoms with Gasteiger partial charge in [-0.1, -0.05) is 30.3 Å². The predicted octanol–water partition coefficient (Wildman–Crippen LogP) is 3.12. The van der Waals surface area contributed by atoms with Crippen LogP contribution >= 0.6 is 11.8 Å². The lowest BCUT2D eigenvalue weighted by Gasteiger charge is -2.10. The minimum Gasteiger partial charge on any atom is -0.297 e. The van der Waals surface area contributed by atoms with Crippen LogP contribution in [0.4, 0.5) is 4.39 Å². The molecule has 0 saturated heterocycles. The number of aromatic nitrogens is 8. The van der Waals surface area contributed by atoms with Crippen molar-refractivity contribution in [3.8, 4) is 11.4 Å². The highest BCUT2D eigenvalue weighted by Crippen LogP contribution is 2.29. The maximum Gasteiger partial charge on any atom is 0.200 e. The third kappa shape index (κ3) is 3.57. The lowest BCUT2D eigenvalue weighted by Crippen LogP contribution is -2.04. The van der Waals surface area contributed by atoms with Crippen LogP contribution in [-0.4, -0.2) is 40.0 Å². The lowest BCUT2D eigenvalue weighted by atomic mass is 10.2. The van der Waals surface area contributed by atoms with Crippen molar-refractivity contribution in [2.24, 2.45) is 0 Å². The summed E-state index contributed by atoms with van der Waals surface area (Å²) in [5, 5.41) is 25.7. The summed E-state index contributed by atoms with van der Waals surface area (Å²) in [5.74, 6) is 0.358. The highest BCUT2D eigenvalue weighted by molar-refractivity contribution is 7.99. The molecular weight excluding hydrogens is 391 g/mol. The molecule has 0 N–H and O–H groups in total. The van der Waals surface area contributed by atoms with Crippen LogP contribution in [0.2, 0.25) is 0 Å². The fourth-order valence-electron chi connectivity index (χ4n) is 2.87. The first kappa shape index (κ1) is 17.4. The summed E-state index contributed by atoms with van der Waals surface area (Å²) >= 11 is 1.36. The largest absolute Gasteiger partial charge is 0.297 e. The van der Waals surface area contributed by atoms with Gasteiger partial charge in [-0.15, -0.1) is 25.0 Å². The van der Waals surface area contributed by atoms with Crippen LogP contribution in [0.1, 0.15) is 5.56 Å². The van der Waals surface area contributed by atoms with Gasteiger partial charge in [-0.25, -0.2) is 4.39 Å². The van der Waals surface area contributed by atoms with Crippen LogP contribution in [0.25, 0.3) is 17.0 Å². The van der Waals surface area contributed by atoms with Gasteiger partial charge in [0.25, 0.3) is 0 Å². The first-order valence-electron chi connectivity index (χ1n) is 8.72. The van der Waals surface area contributed by atoms with E-state index in [1.807, 2.05) is 41.0 Å². The Kier molecular flexibility index (Phi) is 4.45. The summed E-state index contributed by atoms with van der Waals surface area (Å²) < 4.78 is 16.7. The van der Waals surface area contributed by atoms with E-state index in [0.29, 0.717) is 28.2 Å². The molecule has 8 nitrogen and oxygen atoms in total. The van der Waals surface area contributed by atoms with Crippen LogP contribution in [0, 0.1) is 5.82 Å². The third-order valence-corrected chi connectivity index (χ3v) is 5.16. The SMILES string of the molecule is Fc1ccc(-c2nnc(Sc3ccc4nnnn4n3)n2Cc2ccccc2)cc1. The average molecular weight is 404 g/mol. The molecule has 0 saturated carbocycles. The van der Waals surface area contributed by atoms with Crippen molar-refractivity contribution in [3.63, 3.8) is 0 Å². The summed E-state index contributed by atoms with van der Waals surface area (Å²) in [4.78, 5) is 0. The zero-order chi connectivity index (χ0) is 19.6. The molecular formula is C19H13FN8S. The quantitative estimate of drug-likeness (QED) is 0.445. The molecule has 3 aromatic heterocycles. The molecule has 0 fully saturated rings. The Morgan fingerprint density at radius 2 is 1.69 bits per heavy atom. The van der Waals surface area contributed by atoms with Gasteiger partial charge in [-0.2, -0.15) is 0 Å². The van der Waals surface area contributed by atoms with Gasteiger partial charge in [0.15, 0.2) is 16.6 Å². The van der Waals surface area contributed by atoms with Gasteiger partial charge < -0.3 is 0 Å². The number of rotatable bonds is 5. The fourth-order valence-corrected chi connectivity index (χ4v) is 3.65. The van der Waals surface area contributed by atoms with Crippen LogP contribution in [-0.2, 0) is 6.54 Å². The van der Waals surface area contributed by atoms with Gasteiger partial charge in [-0.3, -0.25) is 4.57 Å². The molecule has 0 radical (unpaired) electrons. The molecule has 29 heavy (non-hydrogen) atoms. The average Bonchev–Trinajstić information content (AvgIpc) is 3.37. The standard InChI is InChI=1S/C19H13FN8S/c20-15-8-6-14(7-9-15)18-22-23-19(27(18)12-13-4-2-1-3-5-13)29-17-11-10-16-21-25-26-28(16)24-17/h1-11H,12H2. The molecule has 10 heteroatoms. The molecule has 0 bridgehead atoms. The van der Waals surface area contributed by atoms with E-state index in [2.05, 4.69) is 30.8 Å². The second kappa shape index (κ2) is 7.40. The summed E-state index contributed by atoms with van der Waals surface area (Å²) in [5.41, 5.74) is 2.44. The summed E-state index contributed by atoms with van der Waals surface area (Å²) in [6.45, 7) is 0.565. The minimum atomic E-state index is -0.295. The van der Waals surface area contributed by atoms with Crippen LogP contribution in [0.3, 0.4) is 0 Å². The predicted molar refractivity (Wildman–Crippen MR) is 104 cm³/mol. The zero-order valence-corrected chi connectivity index (χ0v) is 15.7. The number of halogens is 1. The van der Waals surface area contributed by atoms with E-state index in [-0.39, 0.29) is 5.82 Å². The smallest absolute Gasteiger partial charge is 0.200 e. The molecule has 0 aliphatic rings. The number of hydrogen-bond donors (Lipinski definition) is 0. The second-order valence-electron chi connectivity index (χ2n) is 6.18. The van der Waals surface area contributed by atoms with Crippen molar-refractivity contribution < 1.29 is 4.39 Å². The van der Waals surface area contributed by atoms with Gasteiger partial charge in [0.05, 0.1) is 6.54 Å².